The van der Waals surface area contributed by atoms with E-state index in [0.717, 1.165) is 34.2 Å². The van der Waals surface area contributed by atoms with Crippen molar-refractivity contribution in [2.45, 2.75) is 38.1 Å². The minimum absolute atomic E-state index is 0.109. The van der Waals surface area contributed by atoms with Crippen molar-refractivity contribution in [3.63, 3.8) is 0 Å². The van der Waals surface area contributed by atoms with Crippen LogP contribution in [0.5, 0.6) is 0 Å². The van der Waals surface area contributed by atoms with Gasteiger partial charge in [-0.05, 0) is 65.2 Å². The van der Waals surface area contributed by atoms with Crippen molar-refractivity contribution in [2.75, 3.05) is 0 Å². The summed E-state index contributed by atoms with van der Waals surface area (Å²) in [5.74, 6) is 0.109. The van der Waals surface area contributed by atoms with Crippen LogP contribution in [0, 0.1) is 0 Å². The van der Waals surface area contributed by atoms with E-state index >= 15 is 0 Å². The van der Waals surface area contributed by atoms with E-state index in [1.807, 2.05) is 52.8 Å². The Bertz CT molecular complexity index is 790. The molecule has 2 fully saturated rings. The normalized spacial score (nSPS) is 22.2. The molecule has 0 spiro atoms. The van der Waals surface area contributed by atoms with E-state index in [1.165, 1.54) is 31.0 Å². The van der Waals surface area contributed by atoms with Gasteiger partial charge in [-0.3, -0.25) is 9.69 Å². The summed E-state index contributed by atoms with van der Waals surface area (Å²) >= 11 is 3.15. The fraction of sp³-hybridized carbons (Fsp3) is 0.300. The maximum atomic E-state index is 13.1. The van der Waals surface area contributed by atoms with Crippen molar-refractivity contribution < 1.29 is 4.79 Å². The smallest absolute Gasteiger partial charge is 0.267 e. The van der Waals surface area contributed by atoms with Gasteiger partial charge in [-0.2, -0.15) is 11.3 Å². The van der Waals surface area contributed by atoms with Crippen molar-refractivity contribution in [1.29, 1.82) is 0 Å². The molecule has 1 aliphatic carbocycles. The van der Waals surface area contributed by atoms with E-state index in [2.05, 4.69) is 5.38 Å². The summed E-state index contributed by atoms with van der Waals surface area (Å²) < 4.78 is 0. The first kappa shape index (κ1) is 16.6. The molecule has 1 aromatic heterocycles. The number of thiophene rings is 1. The highest BCUT2D eigenvalue weighted by atomic mass is 32.2. The van der Waals surface area contributed by atoms with Crippen molar-refractivity contribution in [3.8, 4) is 0 Å². The summed E-state index contributed by atoms with van der Waals surface area (Å²) in [6.45, 7) is 0. The standard InChI is InChI=1S/C20H20N2OS2/c23-19-18(13-15-11-12-24-14-15)25-20(21-16-7-3-1-4-8-16)22(19)17-9-5-2-6-10-17/h1,3-4,7-8,11-14,17H,2,5-6,9-10H2/b18-13+,21-20?. The SMILES string of the molecule is O=C1/C(=C\c2ccsc2)SC(=Nc2ccccc2)N1C1CCCCC1. The van der Waals surface area contributed by atoms with Gasteiger partial charge in [-0.15, -0.1) is 0 Å². The van der Waals surface area contributed by atoms with Crippen molar-refractivity contribution in [1.82, 2.24) is 4.90 Å². The highest BCUT2D eigenvalue weighted by Crippen LogP contribution is 2.38. The summed E-state index contributed by atoms with van der Waals surface area (Å²) in [5, 5.41) is 4.93. The maximum Gasteiger partial charge on any atom is 0.267 e. The largest absolute Gasteiger partial charge is 0.283 e. The van der Waals surface area contributed by atoms with Crippen LogP contribution in [0.2, 0.25) is 0 Å². The van der Waals surface area contributed by atoms with Gasteiger partial charge in [0.25, 0.3) is 5.91 Å². The van der Waals surface area contributed by atoms with Gasteiger partial charge in [0, 0.05) is 6.04 Å². The van der Waals surface area contributed by atoms with Gasteiger partial charge in [-0.1, -0.05) is 37.5 Å². The van der Waals surface area contributed by atoms with Gasteiger partial charge in [0.05, 0.1) is 10.6 Å². The van der Waals surface area contributed by atoms with E-state index < -0.39 is 0 Å². The lowest BCUT2D eigenvalue weighted by molar-refractivity contribution is -0.124. The summed E-state index contributed by atoms with van der Waals surface area (Å²) in [4.78, 5) is 20.6. The summed E-state index contributed by atoms with van der Waals surface area (Å²) in [5.41, 5.74) is 1.99. The second-order valence-electron chi connectivity index (χ2n) is 6.36. The number of carbonyl (C=O) groups is 1. The minimum Gasteiger partial charge on any atom is -0.283 e. The van der Waals surface area contributed by atoms with Crippen LogP contribution in [0.4, 0.5) is 5.69 Å². The molecule has 2 aliphatic rings. The Labute approximate surface area is 156 Å². The molecule has 2 heterocycles. The Hall–Kier alpha value is -1.85. The summed E-state index contributed by atoms with van der Waals surface area (Å²) in [6.07, 6.45) is 7.81. The number of nitrogens with zero attached hydrogens (tertiary/aromatic N) is 2. The number of benzene rings is 1. The Balaban J connectivity index is 1.69. The fourth-order valence-electron chi connectivity index (χ4n) is 3.35. The number of amides is 1. The molecule has 5 heteroatoms. The number of hydrogen-bond donors (Lipinski definition) is 0. The molecule has 1 saturated heterocycles. The number of amidine groups is 1. The molecule has 0 unspecified atom stereocenters. The lowest BCUT2D eigenvalue weighted by Gasteiger charge is -2.30. The highest BCUT2D eigenvalue weighted by molar-refractivity contribution is 8.18. The first-order chi connectivity index (χ1) is 12.3. The van der Waals surface area contributed by atoms with E-state index in [1.54, 1.807) is 11.3 Å². The predicted molar refractivity (Wildman–Crippen MR) is 107 cm³/mol. The third-order valence-corrected chi connectivity index (χ3v) is 6.28. The molecule has 4 rings (SSSR count). The van der Waals surface area contributed by atoms with Crippen LogP contribution >= 0.6 is 23.1 Å². The number of rotatable bonds is 3. The second kappa shape index (κ2) is 7.58. The first-order valence-corrected chi connectivity index (χ1v) is 10.5. The van der Waals surface area contributed by atoms with Crippen LogP contribution in [0.3, 0.4) is 0 Å². The third kappa shape index (κ3) is 3.72. The average Bonchev–Trinajstić information content (AvgIpc) is 3.26. The number of aliphatic imine (C=N–C) groups is 1. The van der Waals surface area contributed by atoms with Crippen LogP contribution < -0.4 is 0 Å². The summed E-state index contributed by atoms with van der Waals surface area (Å²) in [7, 11) is 0. The van der Waals surface area contributed by atoms with Gasteiger partial charge in [-0.25, -0.2) is 4.99 Å². The third-order valence-electron chi connectivity index (χ3n) is 4.60. The molecule has 1 amide bonds. The van der Waals surface area contributed by atoms with Gasteiger partial charge < -0.3 is 0 Å². The van der Waals surface area contributed by atoms with Crippen LogP contribution in [0.25, 0.3) is 6.08 Å². The maximum absolute atomic E-state index is 13.1. The lowest BCUT2D eigenvalue weighted by atomic mass is 9.94. The van der Waals surface area contributed by atoms with Crippen LogP contribution in [-0.2, 0) is 4.79 Å². The summed E-state index contributed by atoms with van der Waals surface area (Å²) in [6, 6.07) is 12.2. The fourth-order valence-corrected chi connectivity index (χ4v) is 5.02. The Morgan fingerprint density at radius 3 is 2.60 bits per heavy atom. The molecular weight excluding hydrogens is 348 g/mol. The highest BCUT2D eigenvalue weighted by Gasteiger charge is 2.38. The Morgan fingerprint density at radius 1 is 1.08 bits per heavy atom. The predicted octanol–water partition coefficient (Wildman–Crippen LogP) is 5.68. The number of carbonyl (C=O) groups excluding carboxylic acids is 1. The van der Waals surface area contributed by atoms with Gasteiger partial charge in [0.1, 0.15) is 0 Å². The van der Waals surface area contributed by atoms with Crippen LogP contribution in [0.15, 0.2) is 57.1 Å². The molecule has 1 aliphatic heterocycles. The zero-order valence-electron chi connectivity index (χ0n) is 13.9. The zero-order valence-corrected chi connectivity index (χ0v) is 15.6. The monoisotopic (exact) mass is 368 g/mol. The zero-order chi connectivity index (χ0) is 17.1. The Morgan fingerprint density at radius 2 is 1.88 bits per heavy atom. The second-order valence-corrected chi connectivity index (χ2v) is 8.15. The molecule has 0 N–H and O–H groups in total. The molecule has 25 heavy (non-hydrogen) atoms. The van der Waals surface area contributed by atoms with Crippen LogP contribution in [0.1, 0.15) is 37.7 Å². The van der Waals surface area contributed by atoms with Crippen molar-refractivity contribution in [3.05, 3.63) is 57.6 Å². The van der Waals surface area contributed by atoms with Crippen molar-refractivity contribution in [2.24, 2.45) is 4.99 Å². The quantitative estimate of drug-likeness (QED) is 0.653. The lowest BCUT2D eigenvalue weighted by Crippen LogP contribution is -2.40. The topological polar surface area (TPSA) is 32.7 Å². The molecule has 1 aromatic carbocycles. The molecule has 0 radical (unpaired) electrons. The number of hydrogen-bond acceptors (Lipinski definition) is 4. The molecular formula is C20H20N2OS2. The molecule has 0 atom stereocenters. The number of para-hydroxylation sites is 1. The first-order valence-electron chi connectivity index (χ1n) is 8.70. The van der Waals surface area contributed by atoms with Gasteiger partial charge in [0.15, 0.2) is 5.17 Å². The average molecular weight is 369 g/mol. The van der Waals surface area contributed by atoms with Crippen LogP contribution in [-0.4, -0.2) is 22.0 Å². The molecule has 3 nitrogen and oxygen atoms in total. The molecule has 128 valence electrons. The van der Waals surface area contributed by atoms with E-state index in [4.69, 9.17) is 4.99 Å². The molecule has 0 bridgehead atoms. The van der Waals surface area contributed by atoms with Crippen molar-refractivity contribution >= 4 is 45.9 Å². The Kier molecular flexibility index (Phi) is 5.04. The van der Waals surface area contributed by atoms with E-state index in [-0.39, 0.29) is 11.9 Å². The van der Waals surface area contributed by atoms with E-state index in [9.17, 15) is 4.79 Å². The minimum atomic E-state index is 0.109. The van der Waals surface area contributed by atoms with Gasteiger partial charge >= 0.3 is 0 Å². The van der Waals surface area contributed by atoms with E-state index in [0.29, 0.717) is 0 Å². The van der Waals surface area contributed by atoms with Gasteiger partial charge in [0.2, 0.25) is 0 Å². The number of thioether (sulfide) groups is 1. The molecule has 1 saturated carbocycles. The molecule has 2 aromatic rings.